The fourth-order valence-electron chi connectivity index (χ4n) is 1.47. The van der Waals surface area contributed by atoms with Gasteiger partial charge in [-0.3, -0.25) is 0 Å². The Balaban J connectivity index is 2.41. The Bertz CT molecular complexity index is 570. The lowest BCUT2D eigenvalue weighted by Crippen LogP contribution is -2.04. The van der Waals surface area contributed by atoms with E-state index in [1.807, 2.05) is 6.07 Å². The van der Waals surface area contributed by atoms with Gasteiger partial charge in [-0.2, -0.15) is 0 Å². The fourth-order valence-corrected chi connectivity index (χ4v) is 1.47. The van der Waals surface area contributed by atoms with Crippen LogP contribution in [0.25, 0.3) is 11.4 Å². The summed E-state index contributed by atoms with van der Waals surface area (Å²) in [5, 5.41) is 0. The quantitative estimate of drug-likeness (QED) is 0.772. The summed E-state index contributed by atoms with van der Waals surface area (Å²) < 4.78 is 9.67. The van der Waals surface area contributed by atoms with Crippen LogP contribution in [0.3, 0.4) is 0 Å². The first-order chi connectivity index (χ1) is 8.74. The monoisotopic (exact) mass is 244 g/mol. The third-order valence-corrected chi connectivity index (χ3v) is 2.34. The highest BCUT2D eigenvalue weighted by molar-refractivity contribution is 5.87. The number of aromatic nitrogens is 2. The van der Waals surface area contributed by atoms with Gasteiger partial charge in [0.15, 0.2) is 0 Å². The minimum absolute atomic E-state index is 0.250. The predicted octanol–water partition coefficient (Wildman–Crippen LogP) is 1.94. The van der Waals surface area contributed by atoms with Crippen LogP contribution in [0.4, 0.5) is 0 Å². The van der Waals surface area contributed by atoms with E-state index in [4.69, 9.17) is 4.74 Å². The van der Waals surface area contributed by atoms with Gasteiger partial charge < -0.3 is 9.47 Å². The van der Waals surface area contributed by atoms with E-state index in [2.05, 4.69) is 14.7 Å². The summed E-state index contributed by atoms with van der Waals surface area (Å²) >= 11 is 0. The minimum Gasteiger partial charge on any atom is -0.481 e. The highest BCUT2D eigenvalue weighted by Crippen LogP contribution is 2.18. The number of rotatable bonds is 3. The Morgan fingerprint density at radius 3 is 2.33 bits per heavy atom. The van der Waals surface area contributed by atoms with E-state index in [-0.39, 0.29) is 5.69 Å². The fraction of sp³-hybridized carbons (Fsp3) is 0.154. The normalized spacial score (nSPS) is 9.89. The summed E-state index contributed by atoms with van der Waals surface area (Å²) in [6.45, 7) is 0. The van der Waals surface area contributed by atoms with E-state index in [0.29, 0.717) is 17.3 Å². The lowest BCUT2D eigenvalue weighted by atomic mass is 10.2. The molecule has 92 valence electrons. The van der Waals surface area contributed by atoms with Crippen molar-refractivity contribution in [1.29, 1.82) is 0 Å². The number of methoxy groups -OCH3 is 2. The van der Waals surface area contributed by atoms with E-state index in [1.54, 1.807) is 37.4 Å². The summed E-state index contributed by atoms with van der Waals surface area (Å²) in [5.41, 5.74) is 1.48. The van der Waals surface area contributed by atoms with Crippen molar-refractivity contribution in [2.24, 2.45) is 0 Å². The Morgan fingerprint density at radius 2 is 1.67 bits per heavy atom. The summed E-state index contributed by atoms with van der Waals surface area (Å²) in [5.74, 6) is 0.0255. The molecule has 2 rings (SSSR count). The molecule has 5 nitrogen and oxygen atoms in total. The Labute approximate surface area is 104 Å². The molecule has 18 heavy (non-hydrogen) atoms. The smallest absolute Gasteiger partial charge is 0.356 e. The maximum atomic E-state index is 11.4. The van der Waals surface area contributed by atoms with Gasteiger partial charge >= 0.3 is 5.97 Å². The van der Waals surface area contributed by atoms with E-state index in [9.17, 15) is 4.79 Å². The van der Waals surface area contributed by atoms with Gasteiger partial charge in [0.1, 0.15) is 5.69 Å². The van der Waals surface area contributed by atoms with Crippen LogP contribution in [0.15, 0.2) is 36.4 Å². The molecular weight excluding hydrogens is 232 g/mol. The maximum absolute atomic E-state index is 11.4. The highest BCUT2D eigenvalue weighted by Gasteiger charge is 2.09. The van der Waals surface area contributed by atoms with Crippen LogP contribution in [0.5, 0.6) is 5.88 Å². The molecule has 0 aliphatic rings. The molecule has 0 N–H and O–H groups in total. The van der Waals surface area contributed by atoms with Crippen molar-refractivity contribution in [2.75, 3.05) is 14.2 Å². The first-order valence-corrected chi connectivity index (χ1v) is 5.31. The van der Waals surface area contributed by atoms with Gasteiger partial charge in [-0.1, -0.05) is 12.1 Å². The number of carbonyl (C=O) groups excluding carboxylic acids is 1. The van der Waals surface area contributed by atoms with Gasteiger partial charge in [-0.15, -0.1) is 0 Å². The molecule has 0 aliphatic carbocycles. The van der Waals surface area contributed by atoms with Crippen molar-refractivity contribution in [3.05, 3.63) is 42.1 Å². The van der Waals surface area contributed by atoms with Crippen molar-refractivity contribution in [3.8, 4) is 17.3 Å². The standard InChI is InChI=1S/C13H12N2O3/c1-17-12-8-4-6-10(15-12)9-5-3-7-11(14-9)13(16)18-2/h3-8H,1-2H3. The molecule has 0 saturated carbocycles. The Kier molecular flexibility index (Phi) is 3.52. The van der Waals surface area contributed by atoms with Crippen LogP contribution < -0.4 is 4.74 Å². The van der Waals surface area contributed by atoms with Crippen LogP contribution in [-0.2, 0) is 4.74 Å². The number of hydrogen-bond donors (Lipinski definition) is 0. The third kappa shape index (κ3) is 2.45. The molecule has 0 unspecified atom stereocenters. The number of carbonyl (C=O) groups is 1. The van der Waals surface area contributed by atoms with Crippen molar-refractivity contribution in [2.45, 2.75) is 0 Å². The van der Waals surface area contributed by atoms with Crippen LogP contribution in [0.1, 0.15) is 10.5 Å². The maximum Gasteiger partial charge on any atom is 0.356 e. The average Bonchev–Trinajstić information content (AvgIpc) is 2.46. The molecule has 2 aromatic rings. The van der Waals surface area contributed by atoms with Crippen molar-refractivity contribution in [1.82, 2.24) is 9.97 Å². The molecule has 0 spiro atoms. The second-order valence-corrected chi connectivity index (χ2v) is 3.46. The van der Waals surface area contributed by atoms with Crippen molar-refractivity contribution < 1.29 is 14.3 Å². The number of esters is 1. The molecule has 0 radical (unpaired) electrons. The molecule has 0 aromatic carbocycles. The van der Waals surface area contributed by atoms with Gasteiger partial charge in [0.25, 0.3) is 0 Å². The molecule has 0 amide bonds. The van der Waals surface area contributed by atoms with Crippen molar-refractivity contribution in [3.63, 3.8) is 0 Å². The first kappa shape index (κ1) is 12.0. The number of pyridine rings is 2. The molecule has 0 fully saturated rings. The summed E-state index contributed by atoms with van der Waals surface area (Å²) in [4.78, 5) is 19.8. The lowest BCUT2D eigenvalue weighted by Gasteiger charge is -2.04. The van der Waals surface area contributed by atoms with Crippen LogP contribution in [0, 0.1) is 0 Å². The summed E-state index contributed by atoms with van der Waals surface area (Å²) in [7, 11) is 2.87. The van der Waals surface area contributed by atoms with E-state index in [1.165, 1.54) is 7.11 Å². The SMILES string of the molecule is COC(=O)c1cccc(-c2cccc(OC)n2)n1. The molecule has 0 atom stereocenters. The van der Waals surface area contributed by atoms with Crippen LogP contribution >= 0.6 is 0 Å². The summed E-state index contributed by atoms with van der Waals surface area (Å²) in [6.07, 6.45) is 0. The first-order valence-electron chi connectivity index (χ1n) is 5.31. The van der Waals surface area contributed by atoms with Crippen LogP contribution in [0.2, 0.25) is 0 Å². The zero-order chi connectivity index (χ0) is 13.0. The third-order valence-electron chi connectivity index (χ3n) is 2.34. The van der Waals surface area contributed by atoms with Gasteiger partial charge in [0, 0.05) is 6.07 Å². The zero-order valence-corrected chi connectivity index (χ0v) is 10.1. The number of hydrogen-bond acceptors (Lipinski definition) is 5. The number of ether oxygens (including phenoxy) is 2. The van der Waals surface area contributed by atoms with Gasteiger partial charge in [0.2, 0.25) is 5.88 Å². The Morgan fingerprint density at radius 1 is 1.00 bits per heavy atom. The molecule has 5 heteroatoms. The zero-order valence-electron chi connectivity index (χ0n) is 10.1. The van der Waals surface area contributed by atoms with Gasteiger partial charge in [-0.05, 0) is 18.2 Å². The molecular formula is C13H12N2O3. The Hall–Kier alpha value is -2.43. The molecule has 0 aliphatic heterocycles. The molecule has 2 aromatic heterocycles. The number of nitrogens with zero attached hydrogens (tertiary/aromatic N) is 2. The molecule has 0 bridgehead atoms. The second kappa shape index (κ2) is 5.27. The lowest BCUT2D eigenvalue weighted by molar-refractivity contribution is 0.0594. The molecule has 0 saturated heterocycles. The topological polar surface area (TPSA) is 61.3 Å². The second-order valence-electron chi connectivity index (χ2n) is 3.46. The summed E-state index contributed by atoms with van der Waals surface area (Å²) in [6, 6.07) is 10.5. The molecule has 2 heterocycles. The van der Waals surface area contributed by atoms with E-state index < -0.39 is 5.97 Å². The minimum atomic E-state index is -0.472. The van der Waals surface area contributed by atoms with E-state index >= 15 is 0 Å². The average molecular weight is 244 g/mol. The van der Waals surface area contributed by atoms with Gasteiger partial charge in [0.05, 0.1) is 25.6 Å². The van der Waals surface area contributed by atoms with E-state index in [0.717, 1.165) is 0 Å². The predicted molar refractivity (Wildman–Crippen MR) is 65.4 cm³/mol. The van der Waals surface area contributed by atoms with Crippen molar-refractivity contribution >= 4 is 5.97 Å². The van der Waals surface area contributed by atoms with Gasteiger partial charge in [-0.25, -0.2) is 14.8 Å². The highest BCUT2D eigenvalue weighted by atomic mass is 16.5. The largest absolute Gasteiger partial charge is 0.481 e. The van der Waals surface area contributed by atoms with Crippen LogP contribution in [-0.4, -0.2) is 30.2 Å².